The maximum atomic E-state index is 14.3. The van der Waals surface area contributed by atoms with Crippen LogP contribution >= 0.6 is 0 Å². The molecule has 1 aromatic rings. The van der Waals surface area contributed by atoms with Crippen LogP contribution in [-0.4, -0.2) is 38.6 Å². The van der Waals surface area contributed by atoms with Crippen molar-refractivity contribution in [1.82, 2.24) is 16.0 Å². The predicted molar refractivity (Wildman–Crippen MR) is 110 cm³/mol. The van der Waals surface area contributed by atoms with Crippen molar-refractivity contribution in [2.24, 2.45) is 16.3 Å². The van der Waals surface area contributed by atoms with Crippen LogP contribution in [0, 0.1) is 17.2 Å². The first-order valence-corrected chi connectivity index (χ1v) is 9.94. The zero-order valence-corrected chi connectivity index (χ0v) is 17.6. The van der Waals surface area contributed by atoms with Crippen molar-refractivity contribution in [2.45, 2.75) is 46.6 Å². The SMILES string of the molecule is CCNC(=O)C(C)(C)CNC(=NC)NC(C)c1ccc(OCC2CC2)c(F)c1. The number of amides is 1. The Hall–Kier alpha value is -2.31. The van der Waals surface area contributed by atoms with Gasteiger partial charge in [0.2, 0.25) is 5.91 Å². The molecule has 6 nitrogen and oxygen atoms in total. The number of rotatable bonds is 9. The van der Waals surface area contributed by atoms with Gasteiger partial charge in [0.05, 0.1) is 18.1 Å². The molecule has 156 valence electrons. The molecule has 28 heavy (non-hydrogen) atoms. The largest absolute Gasteiger partial charge is 0.490 e. The molecule has 7 heteroatoms. The van der Waals surface area contributed by atoms with Gasteiger partial charge in [-0.2, -0.15) is 0 Å². The molecule has 0 radical (unpaired) electrons. The maximum Gasteiger partial charge on any atom is 0.227 e. The van der Waals surface area contributed by atoms with Gasteiger partial charge < -0.3 is 20.7 Å². The smallest absolute Gasteiger partial charge is 0.227 e. The van der Waals surface area contributed by atoms with Crippen molar-refractivity contribution in [2.75, 3.05) is 26.7 Å². The topological polar surface area (TPSA) is 74.8 Å². The van der Waals surface area contributed by atoms with E-state index in [1.54, 1.807) is 13.1 Å². The van der Waals surface area contributed by atoms with Gasteiger partial charge in [0.15, 0.2) is 17.5 Å². The van der Waals surface area contributed by atoms with Crippen molar-refractivity contribution in [3.8, 4) is 5.75 Å². The molecule has 1 aliphatic rings. The van der Waals surface area contributed by atoms with Crippen molar-refractivity contribution >= 4 is 11.9 Å². The van der Waals surface area contributed by atoms with Crippen molar-refractivity contribution < 1.29 is 13.9 Å². The summed E-state index contributed by atoms with van der Waals surface area (Å²) >= 11 is 0. The Labute approximate surface area is 167 Å². The second-order valence-electron chi connectivity index (χ2n) is 7.98. The first kappa shape index (κ1) is 22.0. The third-order valence-corrected chi connectivity index (χ3v) is 4.85. The summed E-state index contributed by atoms with van der Waals surface area (Å²) in [5.74, 6) is 1.06. The standard InChI is InChI=1S/C21H33FN4O2/c1-6-24-19(27)21(3,4)13-25-20(23-5)26-14(2)16-9-10-18(17(22)11-16)28-12-15-7-8-15/h9-11,14-15H,6-8,12-13H2,1-5H3,(H,24,27)(H2,23,25,26). The summed E-state index contributed by atoms with van der Waals surface area (Å²) in [5, 5.41) is 9.24. The molecule has 0 saturated heterocycles. The second-order valence-corrected chi connectivity index (χ2v) is 7.98. The van der Waals surface area contributed by atoms with E-state index >= 15 is 0 Å². The highest BCUT2D eigenvalue weighted by atomic mass is 19.1. The van der Waals surface area contributed by atoms with Crippen LogP contribution in [0.2, 0.25) is 0 Å². The Morgan fingerprint density at radius 1 is 1.36 bits per heavy atom. The molecule has 0 heterocycles. The maximum absolute atomic E-state index is 14.3. The van der Waals surface area contributed by atoms with Crippen molar-refractivity contribution in [3.05, 3.63) is 29.6 Å². The third kappa shape index (κ3) is 6.39. The first-order valence-electron chi connectivity index (χ1n) is 9.94. The molecule has 1 saturated carbocycles. The van der Waals surface area contributed by atoms with E-state index in [-0.39, 0.29) is 17.8 Å². The fourth-order valence-corrected chi connectivity index (χ4v) is 2.66. The van der Waals surface area contributed by atoms with Gasteiger partial charge in [-0.1, -0.05) is 6.07 Å². The molecule has 0 aliphatic heterocycles. The van der Waals surface area contributed by atoms with Crippen molar-refractivity contribution in [1.29, 1.82) is 0 Å². The number of guanidine groups is 1. The number of aliphatic imine (C=N–C) groups is 1. The van der Waals surface area contributed by atoms with Crippen molar-refractivity contribution in [3.63, 3.8) is 0 Å². The first-order chi connectivity index (χ1) is 13.3. The predicted octanol–water partition coefficient (Wildman–Crippen LogP) is 3.00. The molecule has 1 unspecified atom stereocenters. The Kier molecular flexibility index (Phi) is 7.66. The summed E-state index contributed by atoms with van der Waals surface area (Å²) in [6, 6.07) is 4.87. The number of nitrogens with one attached hydrogen (secondary N) is 3. The molecule has 1 atom stereocenters. The molecule has 1 fully saturated rings. The zero-order chi connectivity index (χ0) is 20.7. The van der Waals surface area contributed by atoms with Crippen LogP contribution in [0.3, 0.4) is 0 Å². The van der Waals surface area contributed by atoms with Crippen LogP contribution in [0.4, 0.5) is 4.39 Å². The Morgan fingerprint density at radius 2 is 2.07 bits per heavy atom. The summed E-state index contributed by atoms with van der Waals surface area (Å²) < 4.78 is 19.9. The Balaban J connectivity index is 1.91. The lowest BCUT2D eigenvalue weighted by molar-refractivity contribution is -0.128. The van der Waals surface area contributed by atoms with Gasteiger partial charge in [0.25, 0.3) is 0 Å². The lowest BCUT2D eigenvalue weighted by Crippen LogP contribution is -2.48. The highest BCUT2D eigenvalue weighted by Crippen LogP contribution is 2.30. The lowest BCUT2D eigenvalue weighted by atomic mass is 9.92. The van der Waals surface area contributed by atoms with Gasteiger partial charge in [-0.3, -0.25) is 9.79 Å². The van der Waals surface area contributed by atoms with Crippen LogP contribution in [0.15, 0.2) is 23.2 Å². The van der Waals surface area contributed by atoms with E-state index < -0.39 is 5.41 Å². The van der Waals surface area contributed by atoms with E-state index in [1.807, 2.05) is 33.8 Å². The number of nitrogens with zero attached hydrogens (tertiary/aromatic N) is 1. The molecule has 1 aliphatic carbocycles. The number of ether oxygens (including phenoxy) is 1. The van der Waals surface area contributed by atoms with Gasteiger partial charge in [-0.05, 0) is 64.2 Å². The fraction of sp³-hybridized carbons (Fsp3) is 0.619. The highest BCUT2D eigenvalue weighted by Gasteiger charge is 2.27. The van der Waals surface area contributed by atoms with Gasteiger partial charge >= 0.3 is 0 Å². The van der Waals surface area contributed by atoms with Crippen LogP contribution in [-0.2, 0) is 4.79 Å². The molecular weight excluding hydrogens is 359 g/mol. The van der Waals surface area contributed by atoms with Crippen LogP contribution < -0.4 is 20.7 Å². The average molecular weight is 393 g/mol. The summed E-state index contributed by atoms with van der Waals surface area (Å²) in [6.07, 6.45) is 2.34. The molecule has 0 spiro atoms. The van der Waals surface area contributed by atoms with E-state index in [2.05, 4.69) is 20.9 Å². The lowest BCUT2D eigenvalue weighted by Gasteiger charge is -2.26. The van der Waals surface area contributed by atoms with Gasteiger partial charge in [-0.15, -0.1) is 0 Å². The van der Waals surface area contributed by atoms with E-state index in [9.17, 15) is 9.18 Å². The molecule has 1 aromatic carbocycles. The Bertz CT molecular complexity index is 702. The minimum Gasteiger partial charge on any atom is -0.490 e. The molecule has 0 bridgehead atoms. The van der Waals surface area contributed by atoms with E-state index in [0.29, 0.717) is 37.3 Å². The molecule has 1 amide bonds. The number of benzene rings is 1. The number of hydrogen-bond acceptors (Lipinski definition) is 3. The number of hydrogen-bond donors (Lipinski definition) is 3. The zero-order valence-electron chi connectivity index (χ0n) is 17.6. The average Bonchev–Trinajstić information content (AvgIpc) is 3.48. The fourth-order valence-electron chi connectivity index (χ4n) is 2.66. The van der Waals surface area contributed by atoms with E-state index in [0.717, 1.165) is 5.56 Å². The van der Waals surface area contributed by atoms with Gasteiger partial charge in [0.1, 0.15) is 0 Å². The van der Waals surface area contributed by atoms with Gasteiger partial charge in [-0.25, -0.2) is 4.39 Å². The summed E-state index contributed by atoms with van der Waals surface area (Å²) in [7, 11) is 1.66. The number of carbonyl (C=O) groups is 1. The molecular formula is C21H33FN4O2. The third-order valence-electron chi connectivity index (χ3n) is 4.85. The van der Waals surface area contributed by atoms with Crippen LogP contribution in [0.5, 0.6) is 5.75 Å². The minimum atomic E-state index is -0.580. The number of carbonyl (C=O) groups excluding carboxylic acids is 1. The quantitative estimate of drug-likeness (QED) is 0.446. The monoisotopic (exact) mass is 392 g/mol. The summed E-state index contributed by atoms with van der Waals surface area (Å²) in [4.78, 5) is 16.3. The van der Waals surface area contributed by atoms with Crippen LogP contribution in [0.25, 0.3) is 0 Å². The van der Waals surface area contributed by atoms with E-state index in [1.165, 1.54) is 18.9 Å². The molecule has 2 rings (SSSR count). The number of halogens is 1. The summed E-state index contributed by atoms with van der Waals surface area (Å²) in [6.45, 7) is 9.18. The van der Waals surface area contributed by atoms with Gasteiger partial charge in [0, 0.05) is 20.1 Å². The van der Waals surface area contributed by atoms with E-state index in [4.69, 9.17) is 4.74 Å². The second kappa shape index (κ2) is 9.75. The molecule has 0 aromatic heterocycles. The normalized spacial score (nSPS) is 15.7. The molecule has 3 N–H and O–H groups in total. The minimum absolute atomic E-state index is 0.0186. The Morgan fingerprint density at radius 3 is 2.64 bits per heavy atom. The van der Waals surface area contributed by atoms with Crippen LogP contribution in [0.1, 0.15) is 52.1 Å². The highest BCUT2D eigenvalue weighted by molar-refractivity contribution is 5.84. The summed E-state index contributed by atoms with van der Waals surface area (Å²) in [5.41, 5.74) is 0.214.